The van der Waals surface area contributed by atoms with E-state index in [2.05, 4.69) is 43.0 Å². The van der Waals surface area contributed by atoms with E-state index < -0.39 is 0 Å². The van der Waals surface area contributed by atoms with Crippen LogP contribution in [-0.2, 0) is 22.4 Å². The van der Waals surface area contributed by atoms with E-state index in [1.54, 1.807) is 0 Å². The van der Waals surface area contributed by atoms with Gasteiger partial charge in [-0.1, -0.05) is 55.8 Å². The molecular formula is C27H32ClN3O2. The molecule has 0 aliphatic carbocycles. The van der Waals surface area contributed by atoms with Crippen molar-refractivity contribution in [2.75, 3.05) is 32.8 Å². The van der Waals surface area contributed by atoms with Gasteiger partial charge in [-0.25, -0.2) is 4.68 Å². The zero-order valence-electron chi connectivity index (χ0n) is 19.5. The van der Waals surface area contributed by atoms with Gasteiger partial charge in [0.25, 0.3) is 0 Å². The maximum Gasteiger partial charge on any atom is 0.139 e. The molecule has 1 fully saturated rings. The minimum Gasteiger partial charge on any atom is -0.379 e. The quantitative estimate of drug-likeness (QED) is 0.434. The third kappa shape index (κ3) is 6.53. The van der Waals surface area contributed by atoms with Crippen LogP contribution in [-0.4, -0.2) is 53.3 Å². The van der Waals surface area contributed by atoms with E-state index in [0.717, 1.165) is 61.9 Å². The van der Waals surface area contributed by atoms with E-state index in [-0.39, 0.29) is 5.78 Å². The van der Waals surface area contributed by atoms with Gasteiger partial charge in [-0.3, -0.25) is 9.69 Å². The lowest BCUT2D eigenvalue weighted by molar-refractivity contribution is -0.119. The van der Waals surface area contributed by atoms with E-state index >= 15 is 0 Å². The molecule has 5 nitrogen and oxygen atoms in total. The lowest BCUT2D eigenvalue weighted by atomic mass is 10.0. The van der Waals surface area contributed by atoms with Gasteiger partial charge in [0.2, 0.25) is 0 Å². The van der Waals surface area contributed by atoms with Gasteiger partial charge >= 0.3 is 0 Å². The number of morpholine rings is 1. The standard InChI is InChI=1S/C27H32ClN3O2/c1-20(2)16-26(32)18-25-19-27(29-31(25)24-5-3-4-23(28)17-24)22-8-6-21(7-9-22)10-11-30-12-14-33-15-13-30/h3-9,17,19-20H,10-16,18H2,1-2H3. The molecule has 33 heavy (non-hydrogen) atoms. The van der Waals surface area contributed by atoms with E-state index in [1.165, 1.54) is 5.56 Å². The Morgan fingerprint density at radius 2 is 1.85 bits per heavy atom. The topological polar surface area (TPSA) is 47.4 Å². The first-order valence-corrected chi connectivity index (χ1v) is 12.1. The summed E-state index contributed by atoms with van der Waals surface area (Å²) in [6.07, 6.45) is 1.94. The summed E-state index contributed by atoms with van der Waals surface area (Å²) in [4.78, 5) is 15.0. The van der Waals surface area contributed by atoms with Gasteiger partial charge in [0.15, 0.2) is 0 Å². The summed E-state index contributed by atoms with van der Waals surface area (Å²) in [7, 11) is 0. The fourth-order valence-electron chi connectivity index (χ4n) is 4.20. The third-order valence-corrected chi connectivity index (χ3v) is 6.16. The van der Waals surface area contributed by atoms with Crippen LogP contribution in [0.15, 0.2) is 54.6 Å². The van der Waals surface area contributed by atoms with Crippen LogP contribution < -0.4 is 0 Å². The van der Waals surface area contributed by atoms with Gasteiger partial charge in [-0.15, -0.1) is 0 Å². The number of halogens is 1. The van der Waals surface area contributed by atoms with Crippen molar-refractivity contribution in [2.24, 2.45) is 5.92 Å². The Bertz CT molecular complexity index is 1070. The monoisotopic (exact) mass is 465 g/mol. The Labute approximate surface area is 201 Å². The van der Waals surface area contributed by atoms with Gasteiger partial charge in [-0.2, -0.15) is 5.10 Å². The van der Waals surface area contributed by atoms with Gasteiger partial charge in [-0.05, 0) is 42.2 Å². The number of aromatic nitrogens is 2. The largest absolute Gasteiger partial charge is 0.379 e. The maximum absolute atomic E-state index is 12.6. The summed E-state index contributed by atoms with van der Waals surface area (Å²) < 4.78 is 7.28. The number of carbonyl (C=O) groups is 1. The molecule has 4 rings (SSSR count). The number of nitrogens with zero attached hydrogens (tertiary/aromatic N) is 3. The fourth-order valence-corrected chi connectivity index (χ4v) is 4.39. The summed E-state index contributed by atoms with van der Waals surface area (Å²) in [6.45, 7) is 8.87. The zero-order chi connectivity index (χ0) is 23.2. The second kappa shape index (κ2) is 11.1. The lowest BCUT2D eigenvalue weighted by Crippen LogP contribution is -2.37. The SMILES string of the molecule is CC(C)CC(=O)Cc1cc(-c2ccc(CCN3CCOCC3)cc2)nn1-c1cccc(Cl)c1. The first kappa shape index (κ1) is 23.7. The van der Waals surface area contributed by atoms with Crippen molar-refractivity contribution in [2.45, 2.75) is 33.1 Å². The summed E-state index contributed by atoms with van der Waals surface area (Å²) in [6, 6.07) is 18.2. The van der Waals surface area contributed by atoms with Crippen LogP contribution in [0, 0.1) is 5.92 Å². The highest BCUT2D eigenvalue weighted by Gasteiger charge is 2.16. The molecule has 2 aromatic carbocycles. The molecule has 174 valence electrons. The Hall–Kier alpha value is -2.47. The number of ketones is 1. The number of carbonyl (C=O) groups excluding carboxylic acids is 1. The van der Waals surface area contributed by atoms with Gasteiger partial charge < -0.3 is 4.74 Å². The van der Waals surface area contributed by atoms with E-state index in [0.29, 0.717) is 23.8 Å². The molecule has 0 radical (unpaired) electrons. The molecule has 0 bridgehead atoms. The molecule has 1 aliphatic rings. The van der Waals surface area contributed by atoms with Crippen molar-refractivity contribution >= 4 is 17.4 Å². The second-order valence-electron chi connectivity index (χ2n) is 9.13. The molecule has 0 spiro atoms. The smallest absolute Gasteiger partial charge is 0.139 e. The van der Waals surface area contributed by atoms with Crippen LogP contribution in [0.3, 0.4) is 0 Å². The van der Waals surface area contributed by atoms with Crippen molar-refractivity contribution in [3.05, 3.63) is 70.9 Å². The summed E-state index contributed by atoms with van der Waals surface area (Å²) in [5.74, 6) is 0.558. The Morgan fingerprint density at radius 1 is 1.09 bits per heavy atom. The van der Waals surface area contributed by atoms with E-state index in [1.807, 2.05) is 35.0 Å². The molecule has 1 aromatic heterocycles. The highest BCUT2D eigenvalue weighted by Crippen LogP contribution is 2.25. The first-order valence-electron chi connectivity index (χ1n) is 11.7. The van der Waals surface area contributed by atoms with Crippen molar-refractivity contribution in [3.8, 4) is 16.9 Å². The average Bonchev–Trinajstić information content (AvgIpc) is 3.22. The first-order chi connectivity index (χ1) is 16.0. The van der Waals surface area contributed by atoms with E-state index in [9.17, 15) is 4.79 Å². The molecular weight excluding hydrogens is 434 g/mol. The molecule has 1 saturated heterocycles. The molecule has 3 aromatic rings. The Morgan fingerprint density at radius 3 is 2.55 bits per heavy atom. The van der Waals surface area contributed by atoms with Gasteiger partial charge in [0.05, 0.1) is 30.3 Å². The van der Waals surface area contributed by atoms with Crippen molar-refractivity contribution < 1.29 is 9.53 Å². The average molecular weight is 466 g/mol. The summed E-state index contributed by atoms with van der Waals surface area (Å²) in [5.41, 5.74) is 4.97. The molecule has 0 atom stereocenters. The molecule has 6 heteroatoms. The fraction of sp³-hybridized carbons (Fsp3) is 0.407. The third-order valence-electron chi connectivity index (χ3n) is 5.92. The highest BCUT2D eigenvalue weighted by atomic mass is 35.5. The molecule has 0 amide bonds. The molecule has 2 heterocycles. The molecule has 1 aliphatic heterocycles. The van der Waals surface area contributed by atoms with Crippen LogP contribution in [0.5, 0.6) is 0 Å². The van der Waals surface area contributed by atoms with Crippen LogP contribution in [0.2, 0.25) is 5.02 Å². The summed E-state index contributed by atoms with van der Waals surface area (Å²) in [5, 5.41) is 5.50. The lowest BCUT2D eigenvalue weighted by Gasteiger charge is -2.26. The predicted octanol–water partition coefficient (Wildman–Crippen LogP) is 5.23. The van der Waals surface area contributed by atoms with Crippen molar-refractivity contribution in [1.82, 2.24) is 14.7 Å². The normalized spacial score (nSPS) is 14.7. The van der Waals surface area contributed by atoms with Crippen LogP contribution in [0.25, 0.3) is 16.9 Å². The van der Waals surface area contributed by atoms with Crippen molar-refractivity contribution in [1.29, 1.82) is 0 Å². The summed E-state index contributed by atoms with van der Waals surface area (Å²) >= 11 is 6.23. The number of hydrogen-bond donors (Lipinski definition) is 0. The predicted molar refractivity (Wildman–Crippen MR) is 133 cm³/mol. The maximum atomic E-state index is 12.6. The van der Waals surface area contributed by atoms with E-state index in [4.69, 9.17) is 21.4 Å². The van der Waals surface area contributed by atoms with Crippen LogP contribution >= 0.6 is 11.6 Å². The van der Waals surface area contributed by atoms with Gasteiger partial charge in [0, 0.05) is 43.1 Å². The molecule has 0 unspecified atom stereocenters. The highest BCUT2D eigenvalue weighted by molar-refractivity contribution is 6.30. The van der Waals surface area contributed by atoms with Crippen LogP contribution in [0.1, 0.15) is 31.5 Å². The van der Waals surface area contributed by atoms with Crippen molar-refractivity contribution in [3.63, 3.8) is 0 Å². The molecule has 0 saturated carbocycles. The Kier molecular flexibility index (Phi) is 7.97. The number of benzene rings is 2. The minimum absolute atomic E-state index is 0.221. The van der Waals surface area contributed by atoms with Crippen LogP contribution in [0.4, 0.5) is 0 Å². The zero-order valence-corrected chi connectivity index (χ0v) is 20.2. The second-order valence-corrected chi connectivity index (χ2v) is 9.56. The minimum atomic E-state index is 0.221. The number of rotatable bonds is 9. The Balaban J connectivity index is 1.54. The number of ether oxygens (including phenoxy) is 1. The number of hydrogen-bond acceptors (Lipinski definition) is 4. The molecule has 0 N–H and O–H groups in total. The van der Waals surface area contributed by atoms with Gasteiger partial charge in [0.1, 0.15) is 5.78 Å². The number of Topliss-reactive ketones (excluding diaryl/α,β-unsaturated/α-hetero) is 1.